The molecule has 0 aliphatic carbocycles. The molecule has 17 heteroatoms. The van der Waals surface area contributed by atoms with Crippen LogP contribution in [0.3, 0.4) is 0 Å². The smallest absolute Gasteiger partial charge is 0.312 e. The van der Waals surface area contributed by atoms with E-state index in [0.29, 0.717) is 0 Å². The van der Waals surface area contributed by atoms with Crippen LogP contribution in [0.4, 0.5) is 5.69 Å². The maximum atomic E-state index is 14.3. The predicted molar refractivity (Wildman–Crippen MR) is 207 cm³/mol. The summed E-state index contributed by atoms with van der Waals surface area (Å²) >= 11 is 0. The van der Waals surface area contributed by atoms with Crippen LogP contribution in [0.25, 0.3) is 10.8 Å². The number of hydrogen-bond acceptors (Lipinski definition) is 15. The van der Waals surface area contributed by atoms with Gasteiger partial charge in [-0.2, -0.15) is 5.10 Å². The zero-order valence-electron chi connectivity index (χ0n) is 33.1. The quantitative estimate of drug-likeness (QED) is 0.0938. The Morgan fingerprint density at radius 3 is 2.26 bits per heavy atom. The van der Waals surface area contributed by atoms with Gasteiger partial charge in [-0.05, 0) is 19.9 Å². The van der Waals surface area contributed by atoms with Gasteiger partial charge in [-0.3, -0.25) is 14.4 Å². The number of ether oxygens (including phenoxy) is 4. The Morgan fingerprint density at radius 1 is 0.965 bits per heavy atom. The minimum atomic E-state index is -2.07. The number of aromatic hydroxyl groups is 3. The van der Waals surface area contributed by atoms with Gasteiger partial charge in [0.1, 0.15) is 36.0 Å². The number of aliphatic hydroxyl groups excluding tert-OH is 2. The van der Waals surface area contributed by atoms with Gasteiger partial charge >= 0.3 is 11.8 Å². The van der Waals surface area contributed by atoms with Gasteiger partial charge in [0.05, 0.1) is 53.0 Å². The molecule has 6 rings (SSSR count). The third-order valence-electron chi connectivity index (χ3n) is 10.8. The van der Waals surface area contributed by atoms with Crippen molar-refractivity contribution in [2.45, 2.75) is 85.6 Å². The predicted octanol–water partition coefficient (Wildman–Crippen LogP) is 4.23. The number of allylic oxidation sites excluding steroid dienone is 2. The van der Waals surface area contributed by atoms with E-state index in [1.165, 1.54) is 70.5 Å². The SMILES string of the molecule is COC1C=COC2(C)Oc3c(C)c(O)c4c(O)c(c(/C=N/n5cnnc5)c(O)c4c3C2=O)NC(=O)C(C)=CC=CC(C)C(O)C(C)C(O)C(C)C(OC(C)=O)C1C. The minimum Gasteiger partial charge on any atom is -0.507 e. The molecule has 0 radical (unpaired) electrons. The first-order valence-corrected chi connectivity index (χ1v) is 18.3. The van der Waals surface area contributed by atoms with Crippen molar-refractivity contribution >= 4 is 40.3 Å². The summed E-state index contributed by atoms with van der Waals surface area (Å²) in [5, 5.41) is 71.5. The molecule has 0 saturated carbocycles. The number of aromatic nitrogens is 3. The summed E-state index contributed by atoms with van der Waals surface area (Å²) in [6, 6.07) is 0. The summed E-state index contributed by atoms with van der Waals surface area (Å²) < 4.78 is 24.6. The summed E-state index contributed by atoms with van der Waals surface area (Å²) in [5.74, 6) is -8.72. The fourth-order valence-corrected chi connectivity index (χ4v) is 7.25. The summed E-state index contributed by atoms with van der Waals surface area (Å²) in [6.07, 6.45) is 7.00. The highest BCUT2D eigenvalue weighted by atomic mass is 16.7. The van der Waals surface area contributed by atoms with Crippen molar-refractivity contribution in [2.24, 2.45) is 28.8 Å². The van der Waals surface area contributed by atoms with E-state index >= 15 is 0 Å². The molecule has 1 aromatic heterocycles. The molecule has 3 aliphatic heterocycles. The third-order valence-corrected chi connectivity index (χ3v) is 10.8. The number of amides is 1. The molecule has 5 bridgehead atoms. The number of hydrogen-bond donors (Lipinski definition) is 6. The van der Waals surface area contributed by atoms with Crippen molar-refractivity contribution in [1.29, 1.82) is 0 Å². The summed E-state index contributed by atoms with van der Waals surface area (Å²) in [6.45, 7) is 12.4. The fourth-order valence-electron chi connectivity index (χ4n) is 7.25. The molecule has 9 unspecified atom stereocenters. The Kier molecular flexibility index (Phi) is 12.5. The molecule has 4 heterocycles. The molecule has 3 aliphatic rings. The molecule has 3 aromatic rings. The van der Waals surface area contributed by atoms with Crippen LogP contribution in [0.1, 0.15) is 70.0 Å². The molecule has 306 valence electrons. The highest BCUT2D eigenvalue weighted by molar-refractivity contribution is 6.23. The first kappa shape index (κ1) is 42.4. The number of carbonyl (C=O) groups is 3. The summed E-state index contributed by atoms with van der Waals surface area (Å²) in [5.41, 5.74) is -0.655. The Hall–Kier alpha value is -5.78. The molecule has 0 saturated heterocycles. The van der Waals surface area contributed by atoms with Gasteiger partial charge in [-0.25, -0.2) is 4.68 Å². The number of methoxy groups -OCH3 is 1. The van der Waals surface area contributed by atoms with Crippen molar-refractivity contribution in [1.82, 2.24) is 14.9 Å². The number of ketones is 1. The zero-order valence-corrected chi connectivity index (χ0v) is 33.1. The second kappa shape index (κ2) is 16.8. The van der Waals surface area contributed by atoms with Gasteiger partial charge in [0, 0.05) is 61.2 Å². The number of esters is 1. The van der Waals surface area contributed by atoms with E-state index in [9.17, 15) is 39.9 Å². The number of nitrogens with zero attached hydrogens (tertiary/aromatic N) is 4. The number of aliphatic hydroxyl groups is 2. The van der Waals surface area contributed by atoms with Crippen molar-refractivity contribution in [3.63, 3.8) is 0 Å². The minimum absolute atomic E-state index is 0.0254. The molecular formula is C40H49N5O12. The van der Waals surface area contributed by atoms with Crippen LogP contribution in [-0.2, 0) is 23.8 Å². The Bertz CT molecular complexity index is 2160. The van der Waals surface area contributed by atoms with E-state index < -0.39 is 88.8 Å². The van der Waals surface area contributed by atoms with Crippen LogP contribution < -0.4 is 10.1 Å². The maximum absolute atomic E-state index is 14.3. The van der Waals surface area contributed by atoms with Crippen molar-refractivity contribution < 1.29 is 58.9 Å². The average Bonchev–Trinajstić information content (AvgIpc) is 3.79. The summed E-state index contributed by atoms with van der Waals surface area (Å²) in [7, 11) is 1.42. The molecule has 17 nitrogen and oxygen atoms in total. The summed E-state index contributed by atoms with van der Waals surface area (Å²) in [4.78, 5) is 40.2. The van der Waals surface area contributed by atoms with Gasteiger partial charge in [0.25, 0.3) is 11.7 Å². The second-order valence-corrected chi connectivity index (χ2v) is 14.7. The van der Waals surface area contributed by atoms with E-state index in [2.05, 4.69) is 20.6 Å². The van der Waals surface area contributed by atoms with E-state index in [0.717, 1.165) is 6.21 Å². The number of phenols is 3. The van der Waals surface area contributed by atoms with Gasteiger partial charge in [-0.15, -0.1) is 10.2 Å². The number of phenolic OH excluding ortho intramolecular Hbond substituents is 3. The third kappa shape index (κ3) is 8.08. The van der Waals surface area contributed by atoms with Crippen molar-refractivity contribution in [2.75, 3.05) is 12.4 Å². The standard InChI is InChI=1S/C40H49N5O12/c1-18-11-10-12-19(2)39(53)44-30-25(15-43-45-16-41-42-17-45)34(50)27-28(35(30)51)33(49)23(6)37-29(27)38(52)40(8,57-37)55-14-13-26(54-9)20(3)36(56-24(7)46)22(5)32(48)21(4)31(18)47/h10-18,20-22,26,31-32,36,47-51H,1-9H3,(H,44,53)/b11-10?,14-13?,19-12?,43-15+. The maximum Gasteiger partial charge on any atom is 0.312 e. The van der Waals surface area contributed by atoms with Crippen LogP contribution in [0.5, 0.6) is 23.0 Å². The molecule has 0 spiro atoms. The zero-order chi connectivity index (χ0) is 42.1. The van der Waals surface area contributed by atoms with E-state index in [1.54, 1.807) is 39.8 Å². The fraction of sp³-hybridized carbons (Fsp3) is 0.450. The molecule has 6 N–H and O–H groups in total. The monoisotopic (exact) mass is 791 g/mol. The van der Waals surface area contributed by atoms with Gasteiger partial charge in [0.2, 0.25) is 0 Å². The Labute approximate surface area is 328 Å². The lowest BCUT2D eigenvalue weighted by Crippen LogP contribution is -2.46. The highest BCUT2D eigenvalue weighted by Crippen LogP contribution is 2.55. The lowest BCUT2D eigenvalue weighted by atomic mass is 9.78. The first-order valence-electron chi connectivity index (χ1n) is 18.3. The number of carbonyl (C=O) groups excluding carboxylic acids is 3. The van der Waals surface area contributed by atoms with Crippen LogP contribution in [0.15, 0.2) is 53.9 Å². The van der Waals surface area contributed by atoms with Crippen molar-refractivity contribution in [3.8, 4) is 23.0 Å². The van der Waals surface area contributed by atoms with Gasteiger partial charge < -0.3 is 49.8 Å². The topological polar surface area (TPSA) is 244 Å². The van der Waals surface area contributed by atoms with Crippen LogP contribution >= 0.6 is 0 Å². The molecule has 57 heavy (non-hydrogen) atoms. The van der Waals surface area contributed by atoms with Crippen LogP contribution in [0, 0.1) is 30.6 Å². The van der Waals surface area contributed by atoms with Gasteiger partial charge in [0.15, 0.2) is 5.75 Å². The average molecular weight is 792 g/mol. The number of Topliss-reactive ketones (excluding diaryl/α,β-unsaturated/α-hetero) is 1. The Morgan fingerprint density at radius 2 is 1.63 bits per heavy atom. The largest absolute Gasteiger partial charge is 0.507 e. The number of fused-ring (bicyclic) bond motifs is 14. The molecule has 2 aromatic carbocycles. The molecular weight excluding hydrogens is 742 g/mol. The number of anilines is 1. The lowest BCUT2D eigenvalue weighted by molar-refractivity contribution is -0.160. The van der Waals surface area contributed by atoms with Gasteiger partial charge in [-0.1, -0.05) is 45.9 Å². The normalized spacial score (nSPS) is 28.7. The first-order chi connectivity index (χ1) is 26.8. The highest BCUT2D eigenvalue weighted by Gasteiger charge is 2.50. The Balaban J connectivity index is 1.72. The van der Waals surface area contributed by atoms with E-state index in [4.69, 9.17) is 18.9 Å². The van der Waals surface area contributed by atoms with Crippen molar-refractivity contribution in [3.05, 3.63) is 65.5 Å². The van der Waals surface area contributed by atoms with E-state index in [-0.39, 0.29) is 44.5 Å². The number of benzene rings is 2. The molecule has 0 fully saturated rings. The van der Waals surface area contributed by atoms with Crippen LogP contribution in [0.2, 0.25) is 0 Å². The number of rotatable bonds is 4. The number of nitrogens with one attached hydrogen (secondary N) is 1. The molecule has 9 atom stereocenters. The molecule has 1 amide bonds. The lowest BCUT2D eigenvalue weighted by Gasteiger charge is -2.38. The van der Waals surface area contributed by atoms with Crippen LogP contribution in [-0.4, -0.2) is 102 Å². The van der Waals surface area contributed by atoms with E-state index in [1.807, 2.05) is 0 Å². The second-order valence-electron chi connectivity index (χ2n) is 14.7.